The van der Waals surface area contributed by atoms with E-state index in [9.17, 15) is 5.11 Å². The molecule has 1 aromatic heterocycles. The lowest BCUT2D eigenvalue weighted by molar-refractivity contribution is -0.0103. The van der Waals surface area contributed by atoms with Crippen molar-refractivity contribution in [1.82, 2.24) is 0 Å². The number of rotatable bonds is 3. The first kappa shape index (κ1) is 9.91. The molecule has 2 nitrogen and oxygen atoms in total. The molecule has 1 aromatic carbocycles. The first-order valence-corrected chi connectivity index (χ1v) is 5.95. The third kappa shape index (κ3) is 1.37. The van der Waals surface area contributed by atoms with Crippen LogP contribution in [0.5, 0.6) is 0 Å². The summed E-state index contributed by atoms with van der Waals surface area (Å²) in [7, 11) is 0. The topological polar surface area (TPSA) is 33.4 Å². The maximum atomic E-state index is 10.6. The first-order chi connectivity index (χ1) is 7.74. The molecule has 0 bridgehead atoms. The Morgan fingerprint density at radius 1 is 1.38 bits per heavy atom. The summed E-state index contributed by atoms with van der Waals surface area (Å²) in [5.74, 6) is 1.12. The number of hydrogen-bond acceptors (Lipinski definition) is 2. The molecule has 2 heteroatoms. The van der Waals surface area contributed by atoms with Gasteiger partial charge < -0.3 is 9.52 Å². The van der Waals surface area contributed by atoms with Crippen LogP contribution < -0.4 is 0 Å². The van der Waals surface area contributed by atoms with E-state index in [0.29, 0.717) is 5.92 Å². The van der Waals surface area contributed by atoms with Crippen molar-refractivity contribution in [2.75, 3.05) is 0 Å². The van der Waals surface area contributed by atoms with Gasteiger partial charge in [0.1, 0.15) is 16.9 Å². The van der Waals surface area contributed by atoms with E-state index < -0.39 is 5.60 Å². The summed E-state index contributed by atoms with van der Waals surface area (Å²) in [4.78, 5) is 0. The van der Waals surface area contributed by atoms with Crippen molar-refractivity contribution in [2.24, 2.45) is 5.92 Å². The fraction of sp³-hybridized carbons (Fsp3) is 0.429. The standard InChI is InChI=1S/C14H16O2/c1-2-14(15,11-7-8-11)13-9-10-5-3-4-6-12(10)16-13/h3-6,9,11,15H,2,7-8H2,1H3. The highest BCUT2D eigenvalue weighted by atomic mass is 16.4. The molecular weight excluding hydrogens is 200 g/mol. The lowest BCUT2D eigenvalue weighted by atomic mass is 9.91. The molecule has 1 unspecified atom stereocenters. The van der Waals surface area contributed by atoms with Crippen molar-refractivity contribution >= 4 is 11.0 Å². The lowest BCUT2D eigenvalue weighted by Gasteiger charge is -2.23. The van der Waals surface area contributed by atoms with Crippen LogP contribution in [0.15, 0.2) is 34.7 Å². The minimum atomic E-state index is -0.751. The Bertz CT molecular complexity index is 477. The Hall–Kier alpha value is -1.28. The molecule has 1 heterocycles. The smallest absolute Gasteiger partial charge is 0.137 e. The van der Waals surface area contributed by atoms with Gasteiger partial charge in [0.2, 0.25) is 0 Å². The Balaban J connectivity index is 2.10. The lowest BCUT2D eigenvalue weighted by Crippen LogP contribution is -2.26. The molecule has 1 N–H and O–H groups in total. The van der Waals surface area contributed by atoms with Crippen LogP contribution in [0.3, 0.4) is 0 Å². The predicted molar refractivity (Wildman–Crippen MR) is 63.1 cm³/mol. The molecule has 0 aliphatic heterocycles. The maximum absolute atomic E-state index is 10.6. The molecule has 1 saturated carbocycles. The second-order valence-electron chi connectivity index (χ2n) is 4.70. The molecule has 84 valence electrons. The number of fused-ring (bicyclic) bond motifs is 1. The largest absolute Gasteiger partial charge is 0.458 e. The SMILES string of the molecule is CCC(O)(c1cc2ccccc2o1)C1CC1. The summed E-state index contributed by atoms with van der Waals surface area (Å²) < 4.78 is 5.78. The Morgan fingerprint density at radius 2 is 2.12 bits per heavy atom. The number of aliphatic hydroxyl groups is 1. The average molecular weight is 216 g/mol. The van der Waals surface area contributed by atoms with Gasteiger partial charge in [-0.2, -0.15) is 0 Å². The van der Waals surface area contributed by atoms with Crippen molar-refractivity contribution < 1.29 is 9.52 Å². The number of hydrogen-bond donors (Lipinski definition) is 1. The Kier molecular flexibility index (Phi) is 2.08. The zero-order valence-electron chi connectivity index (χ0n) is 9.44. The van der Waals surface area contributed by atoms with Crippen LogP contribution in [0.2, 0.25) is 0 Å². The van der Waals surface area contributed by atoms with Gasteiger partial charge in [-0.05, 0) is 37.3 Å². The fourth-order valence-electron chi connectivity index (χ4n) is 2.42. The second-order valence-corrected chi connectivity index (χ2v) is 4.70. The van der Waals surface area contributed by atoms with Crippen LogP contribution >= 0.6 is 0 Å². The van der Waals surface area contributed by atoms with E-state index in [1.165, 1.54) is 0 Å². The Morgan fingerprint density at radius 3 is 2.75 bits per heavy atom. The molecule has 3 rings (SSSR count). The monoisotopic (exact) mass is 216 g/mol. The van der Waals surface area contributed by atoms with Crippen LogP contribution in [0.25, 0.3) is 11.0 Å². The summed E-state index contributed by atoms with van der Waals surface area (Å²) in [5, 5.41) is 11.7. The summed E-state index contributed by atoms with van der Waals surface area (Å²) in [6.07, 6.45) is 2.94. The molecule has 1 fully saturated rings. The van der Waals surface area contributed by atoms with Gasteiger partial charge in [-0.15, -0.1) is 0 Å². The van der Waals surface area contributed by atoms with Gasteiger partial charge in [-0.3, -0.25) is 0 Å². The van der Waals surface area contributed by atoms with Crippen molar-refractivity contribution in [3.05, 3.63) is 36.1 Å². The van der Waals surface area contributed by atoms with Gasteiger partial charge >= 0.3 is 0 Å². The molecular formula is C14H16O2. The van der Waals surface area contributed by atoms with Gasteiger partial charge in [-0.25, -0.2) is 0 Å². The zero-order chi connectivity index (χ0) is 11.2. The quantitative estimate of drug-likeness (QED) is 0.852. The van der Waals surface area contributed by atoms with Crippen molar-refractivity contribution in [1.29, 1.82) is 0 Å². The van der Waals surface area contributed by atoms with Crippen molar-refractivity contribution in [3.63, 3.8) is 0 Å². The van der Waals surface area contributed by atoms with Gasteiger partial charge in [-0.1, -0.05) is 25.1 Å². The van der Waals surface area contributed by atoms with E-state index in [0.717, 1.165) is 36.0 Å². The minimum absolute atomic E-state index is 0.387. The first-order valence-electron chi connectivity index (χ1n) is 5.95. The van der Waals surface area contributed by atoms with Gasteiger partial charge in [0.25, 0.3) is 0 Å². The molecule has 0 amide bonds. The van der Waals surface area contributed by atoms with Crippen LogP contribution in [0, 0.1) is 5.92 Å². The van der Waals surface area contributed by atoms with Crippen molar-refractivity contribution in [2.45, 2.75) is 31.8 Å². The van der Waals surface area contributed by atoms with Crippen LogP contribution in [-0.2, 0) is 5.60 Å². The van der Waals surface area contributed by atoms with Crippen LogP contribution in [0.1, 0.15) is 31.9 Å². The highest BCUT2D eigenvalue weighted by molar-refractivity contribution is 5.77. The normalized spacial score (nSPS) is 19.9. The summed E-state index contributed by atoms with van der Waals surface area (Å²) in [6, 6.07) is 9.89. The zero-order valence-corrected chi connectivity index (χ0v) is 9.44. The minimum Gasteiger partial charge on any atom is -0.458 e. The highest BCUT2D eigenvalue weighted by Gasteiger charge is 2.46. The molecule has 1 aliphatic rings. The molecule has 0 radical (unpaired) electrons. The fourth-order valence-corrected chi connectivity index (χ4v) is 2.42. The molecule has 1 atom stereocenters. The van der Waals surface area contributed by atoms with E-state index >= 15 is 0 Å². The maximum Gasteiger partial charge on any atom is 0.137 e. The number of benzene rings is 1. The summed E-state index contributed by atoms with van der Waals surface area (Å²) in [6.45, 7) is 2.02. The predicted octanol–water partition coefficient (Wildman–Crippen LogP) is 3.44. The van der Waals surface area contributed by atoms with E-state index in [1.54, 1.807) is 0 Å². The number of para-hydroxylation sites is 1. The second kappa shape index (κ2) is 3.36. The third-order valence-electron chi connectivity index (χ3n) is 3.64. The highest BCUT2D eigenvalue weighted by Crippen LogP contribution is 2.48. The van der Waals surface area contributed by atoms with Crippen LogP contribution in [-0.4, -0.2) is 5.11 Å². The summed E-state index contributed by atoms with van der Waals surface area (Å²) in [5.41, 5.74) is 0.115. The van der Waals surface area contributed by atoms with Crippen molar-refractivity contribution in [3.8, 4) is 0 Å². The molecule has 1 aliphatic carbocycles. The van der Waals surface area contributed by atoms with Crippen LogP contribution in [0.4, 0.5) is 0 Å². The molecule has 0 saturated heterocycles. The molecule has 0 spiro atoms. The third-order valence-corrected chi connectivity index (χ3v) is 3.64. The van der Waals surface area contributed by atoms with E-state index in [2.05, 4.69) is 0 Å². The molecule has 2 aromatic rings. The van der Waals surface area contributed by atoms with E-state index in [4.69, 9.17) is 4.42 Å². The number of furan rings is 1. The van der Waals surface area contributed by atoms with Gasteiger partial charge in [0.05, 0.1) is 0 Å². The molecule has 16 heavy (non-hydrogen) atoms. The van der Waals surface area contributed by atoms with Gasteiger partial charge in [0, 0.05) is 5.39 Å². The van der Waals surface area contributed by atoms with Gasteiger partial charge in [0.15, 0.2) is 0 Å². The summed E-state index contributed by atoms with van der Waals surface area (Å²) >= 11 is 0. The van der Waals surface area contributed by atoms with E-state index in [-0.39, 0.29) is 0 Å². The Labute approximate surface area is 94.9 Å². The average Bonchev–Trinajstić information content (AvgIpc) is 3.07. The van der Waals surface area contributed by atoms with E-state index in [1.807, 2.05) is 37.3 Å².